The molecule has 0 aliphatic heterocycles. The summed E-state index contributed by atoms with van der Waals surface area (Å²) in [6.07, 6.45) is 0.162. The number of fused-ring (bicyclic) bond motifs is 3. The second-order valence-electron chi connectivity index (χ2n) is 11.9. The maximum absolute atomic E-state index is 13.9. The molecule has 3 aliphatic carbocycles. The van der Waals surface area contributed by atoms with Crippen LogP contribution in [0.4, 0.5) is 4.39 Å². The number of amides is 1. The molecular formula is C31H34FN3O7. The number of benzene rings is 2. The van der Waals surface area contributed by atoms with Crippen LogP contribution in [-0.2, 0) is 32.1 Å². The number of carbonyl (C=O) groups is 5. The van der Waals surface area contributed by atoms with E-state index in [2.05, 4.69) is 0 Å². The molecule has 3 unspecified atom stereocenters. The van der Waals surface area contributed by atoms with Gasteiger partial charge in [-0.15, -0.1) is 0 Å². The average Bonchev–Trinajstić information content (AvgIpc) is 2.91. The number of phenols is 1. The summed E-state index contributed by atoms with van der Waals surface area (Å²) in [4.78, 5) is 69.9. The number of primary amides is 1. The summed E-state index contributed by atoms with van der Waals surface area (Å²) in [6.45, 7) is 0.407. The van der Waals surface area contributed by atoms with Gasteiger partial charge in [0.25, 0.3) is 0 Å². The lowest BCUT2D eigenvalue weighted by Crippen LogP contribution is -2.74. The van der Waals surface area contributed by atoms with Gasteiger partial charge in [0.2, 0.25) is 5.91 Å². The van der Waals surface area contributed by atoms with Crippen LogP contribution in [0.25, 0.3) is 11.1 Å². The molecule has 5 rings (SSSR count). The quantitative estimate of drug-likeness (QED) is 0.406. The zero-order chi connectivity index (χ0) is 30.7. The number of hydrogen-bond donors (Lipinski definition) is 3. The number of likely N-dealkylation sites (N-methyl/N-ethyl adjacent to an activating group) is 1. The van der Waals surface area contributed by atoms with Crippen LogP contribution in [0.5, 0.6) is 5.75 Å². The summed E-state index contributed by atoms with van der Waals surface area (Å²) in [5.74, 6) is -10.7. The van der Waals surface area contributed by atoms with E-state index in [1.54, 1.807) is 20.2 Å². The SMILES string of the molecule is CN(CCF)Cc1ccc(-c2ccc(O)c3c2C[C@H]2C[C@H]4C(N(C)C)C(=O)C(C(N)=O)C(=O)[C@]4(O)C(=O)C2C3=O)cc1. The summed E-state index contributed by atoms with van der Waals surface area (Å²) in [5, 5.41) is 22.5. The number of aliphatic hydroxyl groups is 1. The molecule has 2 aromatic rings. The zero-order valence-electron chi connectivity index (χ0n) is 23.7. The minimum atomic E-state index is -2.75. The molecule has 2 saturated carbocycles. The van der Waals surface area contributed by atoms with Gasteiger partial charge in [-0.25, -0.2) is 4.39 Å². The van der Waals surface area contributed by atoms with Gasteiger partial charge >= 0.3 is 0 Å². The number of aromatic hydroxyl groups is 1. The van der Waals surface area contributed by atoms with E-state index in [4.69, 9.17) is 5.73 Å². The fourth-order valence-electron chi connectivity index (χ4n) is 7.20. The number of ketones is 4. The number of nitrogens with zero attached hydrogens (tertiary/aromatic N) is 2. The van der Waals surface area contributed by atoms with Crippen LogP contribution in [0.3, 0.4) is 0 Å². The van der Waals surface area contributed by atoms with Gasteiger partial charge in [-0.3, -0.25) is 33.8 Å². The van der Waals surface area contributed by atoms with Crippen LogP contribution in [0.2, 0.25) is 0 Å². The maximum Gasteiger partial charge on any atom is 0.235 e. The predicted octanol–water partition coefficient (Wildman–Crippen LogP) is 0.935. The van der Waals surface area contributed by atoms with E-state index in [1.165, 1.54) is 11.0 Å². The van der Waals surface area contributed by atoms with E-state index in [9.17, 15) is 38.6 Å². The van der Waals surface area contributed by atoms with Gasteiger partial charge in [0.1, 0.15) is 12.4 Å². The van der Waals surface area contributed by atoms with Crippen LogP contribution in [0.15, 0.2) is 36.4 Å². The number of hydrogen-bond acceptors (Lipinski definition) is 9. The molecule has 11 heteroatoms. The standard InChI is InChI=1S/C31H34FN3O7/c1-34(2)25-20-13-17-12-19-18(16-6-4-15(5-7-16)14-35(3)11-10-32)8-9-21(36)23(19)26(37)22(17)28(39)31(20,42)29(40)24(27(25)38)30(33)41/h4-9,17,20,22,24-25,36,42H,10-14H2,1-3H3,(H2,33,41)/t17-,20-,22?,24?,25?,31+/m0/s1. The average molecular weight is 580 g/mol. The summed E-state index contributed by atoms with van der Waals surface area (Å²) >= 11 is 0. The molecule has 0 spiro atoms. The molecule has 0 bridgehead atoms. The third-order valence-corrected chi connectivity index (χ3v) is 9.13. The number of alkyl halides is 1. The molecule has 42 heavy (non-hydrogen) atoms. The lowest BCUT2D eigenvalue weighted by atomic mass is 9.52. The van der Waals surface area contributed by atoms with Crippen molar-refractivity contribution in [3.63, 3.8) is 0 Å². The van der Waals surface area contributed by atoms with E-state index in [0.29, 0.717) is 24.2 Å². The highest BCUT2D eigenvalue weighted by Crippen LogP contribution is 2.51. The molecule has 2 aromatic carbocycles. The highest BCUT2D eigenvalue weighted by molar-refractivity contribution is 6.32. The lowest BCUT2D eigenvalue weighted by Gasteiger charge is -2.52. The minimum absolute atomic E-state index is 0.0150. The zero-order valence-corrected chi connectivity index (χ0v) is 23.7. The highest BCUT2D eigenvalue weighted by Gasteiger charge is 2.69. The highest BCUT2D eigenvalue weighted by atomic mass is 19.1. The van der Waals surface area contributed by atoms with Crippen molar-refractivity contribution in [3.8, 4) is 16.9 Å². The Hall–Kier alpha value is -3.80. The van der Waals surface area contributed by atoms with Gasteiger partial charge in [-0.1, -0.05) is 30.3 Å². The number of rotatable bonds is 7. The number of carbonyl (C=O) groups excluding carboxylic acids is 5. The molecule has 0 radical (unpaired) electrons. The topological polar surface area (TPSA) is 158 Å². The molecule has 2 fully saturated rings. The van der Waals surface area contributed by atoms with Crippen LogP contribution in [0.1, 0.15) is 27.9 Å². The first-order chi connectivity index (χ1) is 19.8. The van der Waals surface area contributed by atoms with Crippen LogP contribution < -0.4 is 5.73 Å². The van der Waals surface area contributed by atoms with Crippen molar-refractivity contribution in [1.82, 2.24) is 9.80 Å². The molecule has 0 aromatic heterocycles. The lowest BCUT2D eigenvalue weighted by molar-refractivity contribution is -0.181. The number of halogens is 1. The van der Waals surface area contributed by atoms with E-state index in [-0.39, 0.29) is 24.2 Å². The molecule has 222 valence electrons. The number of phenolic OH excluding ortho intramolecular Hbond substituents is 1. The van der Waals surface area contributed by atoms with Crippen molar-refractivity contribution in [3.05, 3.63) is 53.1 Å². The molecule has 3 aliphatic rings. The molecular weight excluding hydrogens is 545 g/mol. The molecule has 6 atom stereocenters. The van der Waals surface area contributed by atoms with E-state index >= 15 is 0 Å². The Balaban J connectivity index is 1.56. The van der Waals surface area contributed by atoms with Crippen molar-refractivity contribution in [2.24, 2.45) is 29.4 Å². The Morgan fingerprint density at radius 2 is 1.71 bits per heavy atom. The van der Waals surface area contributed by atoms with Gasteiger partial charge < -0.3 is 15.9 Å². The van der Waals surface area contributed by atoms with Crippen LogP contribution >= 0.6 is 0 Å². The van der Waals surface area contributed by atoms with Crippen LogP contribution in [0, 0.1) is 23.7 Å². The monoisotopic (exact) mass is 579 g/mol. The Bertz CT molecular complexity index is 1490. The first-order valence-electron chi connectivity index (χ1n) is 13.9. The van der Waals surface area contributed by atoms with E-state index in [0.717, 1.165) is 11.1 Å². The molecule has 4 N–H and O–H groups in total. The van der Waals surface area contributed by atoms with Gasteiger partial charge in [0.05, 0.1) is 17.5 Å². The number of Topliss-reactive ketones (excluding diaryl/α,β-unsaturated/α-hetero) is 4. The summed E-state index contributed by atoms with van der Waals surface area (Å²) < 4.78 is 12.7. The van der Waals surface area contributed by atoms with Gasteiger partial charge in [0, 0.05) is 19.0 Å². The Morgan fingerprint density at radius 3 is 2.31 bits per heavy atom. The first-order valence-corrected chi connectivity index (χ1v) is 13.9. The van der Waals surface area contributed by atoms with Crippen molar-refractivity contribution >= 4 is 29.0 Å². The first kappa shape index (κ1) is 29.7. The van der Waals surface area contributed by atoms with Crippen molar-refractivity contribution in [2.75, 3.05) is 34.4 Å². The van der Waals surface area contributed by atoms with Crippen LogP contribution in [-0.4, -0.2) is 95.1 Å². The van der Waals surface area contributed by atoms with Crippen molar-refractivity contribution in [2.45, 2.75) is 31.0 Å². The smallest absolute Gasteiger partial charge is 0.235 e. The Morgan fingerprint density at radius 1 is 1.05 bits per heavy atom. The van der Waals surface area contributed by atoms with E-state index in [1.807, 2.05) is 36.2 Å². The Labute approximate surface area is 242 Å². The second-order valence-corrected chi connectivity index (χ2v) is 11.9. The molecule has 1 amide bonds. The maximum atomic E-state index is 13.9. The summed E-state index contributed by atoms with van der Waals surface area (Å²) in [5.41, 5.74) is 5.50. The third-order valence-electron chi connectivity index (χ3n) is 9.13. The van der Waals surface area contributed by atoms with Gasteiger partial charge in [-0.2, -0.15) is 0 Å². The van der Waals surface area contributed by atoms with Gasteiger partial charge in [-0.05, 0) is 68.2 Å². The normalized spacial score (nSPS) is 29.0. The number of nitrogens with two attached hydrogens (primary N) is 1. The summed E-state index contributed by atoms with van der Waals surface area (Å²) in [7, 11) is 4.91. The fraction of sp³-hybridized carbons (Fsp3) is 0.452. The molecule has 0 heterocycles. The Kier molecular flexibility index (Phi) is 7.63. The van der Waals surface area contributed by atoms with Crippen molar-refractivity contribution < 1.29 is 38.6 Å². The van der Waals surface area contributed by atoms with Crippen molar-refractivity contribution in [1.29, 1.82) is 0 Å². The molecule has 0 saturated heterocycles. The third kappa shape index (κ3) is 4.47. The fourth-order valence-corrected chi connectivity index (χ4v) is 7.20. The minimum Gasteiger partial charge on any atom is -0.507 e. The molecule has 10 nitrogen and oxygen atoms in total. The largest absolute Gasteiger partial charge is 0.507 e. The van der Waals surface area contributed by atoms with E-state index < -0.39 is 71.0 Å². The van der Waals surface area contributed by atoms with Gasteiger partial charge in [0.15, 0.2) is 34.7 Å². The predicted molar refractivity (Wildman–Crippen MR) is 149 cm³/mol. The second kappa shape index (κ2) is 10.8. The summed E-state index contributed by atoms with van der Waals surface area (Å²) in [6, 6.07) is 9.46.